The molecule has 1 aliphatic rings. The highest BCUT2D eigenvalue weighted by molar-refractivity contribution is 6.04. The van der Waals surface area contributed by atoms with E-state index in [2.05, 4.69) is 15.7 Å². The summed E-state index contributed by atoms with van der Waals surface area (Å²) in [6.45, 7) is 4.24. The van der Waals surface area contributed by atoms with Crippen LogP contribution in [0.25, 0.3) is 0 Å². The second-order valence-electron chi connectivity index (χ2n) is 6.81. The van der Waals surface area contributed by atoms with E-state index in [1.165, 1.54) is 0 Å². The first-order valence-corrected chi connectivity index (χ1v) is 9.54. The molecule has 3 amide bonds. The van der Waals surface area contributed by atoms with Crippen LogP contribution in [0.2, 0.25) is 0 Å². The number of anilines is 1. The van der Waals surface area contributed by atoms with E-state index in [1.54, 1.807) is 42.6 Å². The van der Waals surface area contributed by atoms with Gasteiger partial charge in [0.1, 0.15) is 6.04 Å². The number of hydrogen-bond donors (Lipinski definition) is 2. The molecular formula is C20H25N5O4. The van der Waals surface area contributed by atoms with E-state index in [9.17, 15) is 14.4 Å². The number of carbonyl (C=O) groups is 3. The van der Waals surface area contributed by atoms with Crippen LogP contribution in [0, 0.1) is 0 Å². The Balaban J connectivity index is 1.73. The van der Waals surface area contributed by atoms with Crippen molar-refractivity contribution in [1.29, 1.82) is 0 Å². The minimum atomic E-state index is -0.751. The van der Waals surface area contributed by atoms with Crippen molar-refractivity contribution in [3.8, 4) is 0 Å². The Hall–Kier alpha value is -3.36. The quantitative estimate of drug-likeness (QED) is 0.745. The Morgan fingerprint density at radius 2 is 1.97 bits per heavy atom. The number of amides is 3. The van der Waals surface area contributed by atoms with Gasteiger partial charge in [-0.2, -0.15) is 5.10 Å². The maximum absolute atomic E-state index is 12.7. The molecule has 0 bridgehead atoms. The van der Waals surface area contributed by atoms with Gasteiger partial charge in [-0.3, -0.25) is 9.48 Å². The van der Waals surface area contributed by atoms with Gasteiger partial charge >= 0.3 is 12.0 Å². The Morgan fingerprint density at radius 1 is 1.24 bits per heavy atom. The van der Waals surface area contributed by atoms with Crippen molar-refractivity contribution >= 4 is 23.6 Å². The molecule has 2 N–H and O–H groups in total. The summed E-state index contributed by atoms with van der Waals surface area (Å²) in [7, 11) is 1.79. The predicted molar refractivity (Wildman–Crippen MR) is 106 cm³/mol. The molecule has 2 aromatic rings. The molecule has 0 radical (unpaired) electrons. The highest BCUT2D eigenvalue weighted by Gasteiger charge is 2.30. The minimum Gasteiger partial charge on any atom is -0.464 e. The van der Waals surface area contributed by atoms with Crippen LogP contribution in [0.5, 0.6) is 0 Å². The van der Waals surface area contributed by atoms with Crippen LogP contribution in [-0.4, -0.2) is 51.8 Å². The van der Waals surface area contributed by atoms with Gasteiger partial charge in [-0.1, -0.05) is 18.2 Å². The lowest BCUT2D eigenvalue weighted by molar-refractivity contribution is -0.144. The summed E-state index contributed by atoms with van der Waals surface area (Å²) in [6, 6.07) is 7.99. The summed E-state index contributed by atoms with van der Waals surface area (Å²) in [5.41, 5.74) is 2.60. The molecule has 3 rings (SSSR count). The van der Waals surface area contributed by atoms with E-state index in [4.69, 9.17) is 4.74 Å². The Kier molecular flexibility index (Phi) is 6.16. The molecule has 0 saturated heterocycles. The first-order valence-electron chi connectivity index (χ1n) is 9.54. The summed E-state index contributed by atoms with van der Waals surface area (Å²) >= 11 is 0. The number of aromatic nitrogens is 2. The van der Waals surface area contributed by atoms with Gasteiger partial charge in [-0.15, -0.1) is 0 Å². The highest BCUT2D eigenvalue weighted by Crippen LogP contribution is 2.23. The molecule has 1 atom stereocenters. The zero-order valence-electron chi connectivity index (χ0n) is 16.8. The summed E-state index contributed by atoms with van der Waals surface area (Å²) in [5, 5.41) is 9.84. The van der Waals surface area contributed by atoms with Crippen molar-refractivity contribution < 1.29 is 19.1 Å². The average Bonchev–Trinajstić information content (AvgIpc) is 3.05. The SMILES string of the molecule is CCOC(=O)[C@@H](C)NC(=O)N1CCc2c(c(C(=O)Nc3ccccc3)nn2C)C1. The number of ether oxygens (including phenoxy) is 1. The van der Waals surface area contributed by atoms with Crippen molar-refractivity contribution in [2.45, 2.75) is 32.9 Å². The monoisotopic (exact) mass is 399 g/mol. The molecule has 29 heavy (non-hydrogen) atoms. The maximum Gasteiger partial charge on any atom is 0.328 e. The highest BCUT2D eigenvalue weighted by atomic mass is 16.5. The zero-order chi connectivity index (χ0) is 21.0. The van der Waals surface area contributed by atoms with Crippen molar-refractivity contribution in [3.63, 3.8) is 0 Å². The molecule has 1 aromatic heterocycles. The van der Waals surface area contributed by atoms with Crippen LogP contribution in [0.3, 0.4) is 0 Å². The fraction of sp³-hybridized carbons (Fsp3) is 0.400. The van der Waals surface area contributed by atoms with E-state index < -0.39 is 12.0 Å². The number of esters is 1. The van der Waals surface area contributed by atoms with Crippen molar-refractivity contribution in [3.05, 3.63) is 47.3 Å². The third kappa shape index (κ3) is 4.56. The first kappa shape index (κ1) is 20.4. The lowest BCUT2D eigenvalue weighted by Crippen LogP contribution is -2.48. The molecule has 2 heterocycles. The molecule has 0 fully saturated rings. The summed E-state index contributed by atoms with van der Waals surface area (Å²) in [6.07, 6.45) is 0.568. The standard InChI is InChI=1S/C20H25N5O4/c1-4-29-19(27)13(2)21-20(28)25-11-10-16-15(12-25)17(23-24(16)3)18(26)22-14-8-6-5-7-9-14/h5-9,13H,4,10-12H2,1-3H3,(H,21,28)(H,22,26)/t13-/m1/s1. The Morgan fingerprint density at radius 3 is 2.66 bits per heavy atom. The van der Waals surface area contributed by atoms with Gasteiger partial charge in [0.05, 0.1) is 13.2 Å². The molecule has 9 nitrogen and oxygen atoms in total. The summed E-state index contributed by atoms with van der Waals surface area (Å²) < 4.78 is 6.61. The fourth-order valence-electron chi connectivity index (χ4n) is 3.26. The molecule has 0 saturated carbocycles. The number of benzene rings is 1. The number of aryl methyl sites for hydroxylation is 1. The maximum atomic E-state index is 12.7. The van der Waals surface area contributed by atoms with Crippen molar-refractivity contribution in [2.24, 2.45) is 7.05 Å². The van der Waals surface area contributed by atoms with Crippen LogP contribution in [0.15, 0.2) is 30.3 Å². The van der Waals surface area contributed by atoms with Gasteiger partial charge in [0.2, 0.25) is 0 Å². The number of nitrogens with zero attached hydrogens (tertiary/aromatic N) is 3. The average molecular weight is 399 g/mol. The second-order valence-corrected chi connectivity index (χ2v) is 6.81. The Labute approximate surface area is 169 Å². The van der Waals surface area contributed by atoms with Gasteiger partial charge in [0, 0.05) is 37.0 Å². The minimum absolute atomic E-state index is 0.238. The van der Waals surface area contributed by atoms with Crippen molar-refractivity contribution in [2.75, 3.05) is 18.5 Å². The lowest BCUT2D eigenvalue weighted by Gasteiger charge is -2.28. The van der Waals surface area contributed by atoms with E-state index in [-0.39, 0.29) is 25.1 Å². The zero-order valence-corrected chi connectivity index (χ0v) is 16.8. The Bertz CT molecular complexity index is 909. The third-order valence-electron chi connectivity index (χ3n) is 4.76. The van der Waals surface area contributed by atoms with E-state index in [1.807, 2.05) is 18.2 Å². The van der Waals surface area contributed by atoms with E-state index >= 15 is 0 Å². The van der Waals surface area contributed by atoms with Crippen LogP contribution in [-0.2, 0) is 29.5 Å². The van der Waals surface area contributed by atoms with Gasteiger partial charge in [0.25, 0.3) is 5.91 Å². The topological polar surface area (TPSA) is 106 Å². The predicted octanol–water partition coefficient (Wildman–Crippen LogP) is 1.69. The fourth-order valence-corrected chi connectivity index (χ4v) is 3.26. The van der Waals surface area contributed by atoms with E-state index in [0.29, 0.717) is 29.9 Å². The molecule has 0 unspecified atom stereocenters. The van der Waals surface area contributed by atoms with Crippen LogP contribution >= 0.6 is 0 Å². The molecule has 1 aromatic carbocycles. The molecule has 0 aliphatic carbocycles. The normalized spacial score (nSPS) is 14.0. The number of urea groups is 1. The van der Waals surface area contributed by atoms with Crippen LogP contribution in [0.1, 0.15) is 35.6 Å². The first-order chi connectivity index (χ1) is 13.9. The summed E-state index contributed by atoms with van der Waals surface area (Å²) in [5.74, 6) is -0.807. The largest absolute Gasteiger partial charge is 0.464 e. The lowest BCUT2D eigenvalue weighted by atomic mass is 10.0. The molecule has 9 heteroatoms. The van der Waals surface area contributed by atoms with Gasteiger partial charge < -0.3 is 20.3 Å². The van der Waals surface area contributed by atoms with Gasteiger partial charge in [0.15, 0.2) is 5.69 Å². The molecule has 154 valence electrons. The van der Waals surface area contributed by atoms with E-state index in [0.717, 1.165) is 5.69 Å². The van der Waals surface area contributed by atoms with Crippen molar-refractivity contribution in [1.82, 2.24) is 20.0 Å². The molecular weight excluding hydrogens is 374 g/mol. The second kappa shape index (κ2) is 8.76. The number of carbonyl (C=O) groups excluding carboxylic acids is 3. The summed E-state index contributed by atoms with van der Waals surface area (Å²) in [4.78, 5) is 38.7. The van der Waals surface area contributed by atoms with Gasteiger partial charge in [-0.05, 0) is 26.0 Å². The number of hydrogen-bond acceptors (Lipinski definition) is 5. The molecule has 1 aliphatic heterocycles. The smallest absolute Gasteiger partial charge is 0.328 e. The van der Waals surface area contributed by atoms with Crippen LogP contribution in [0.4, 0.5) is 10.5 Å². The molecule has 0 spiro atoms. The number of nitrogens with one attached hydrogen (secondary N) is 2. The number of para-hydroxylation sites is 1. The number of fused-ring (bicyclic) bond motifs is 1. The van der Waals surface area contributed by atoms with Gasteiger partial charge in [-0.25, -0.2) is 9.59 Å². The third-order valence-corrected chi connectivity index (χ3v) is 4.76. The van der Waals surface area contributed by atoms with Crippen LogP contribution < -0.4 is 10.6 Å². The number of rotatable bonds is 5.